The first-order valence-corrected chi connectivity index (χ1v) is 6.61. The molecule has 0 aromatic rings. The summed E-state index contributed by atoms with van der Waals surface area (Å²) >= 11 is 0. The molecule has 1 rings (SSSR count). The van der Waals surface area contributed by atoms with Crippen molar-refractivity contribution in [3.8, 4) is 0 Å². The van der Waals surface area contributed by atoms with E-state index in [1.807, 2.05) is 13.8 Å². The second kappa shape index (κ2) is 6.97. The fourth-order valence-corrected chi connectivity index (χ4v) is 1.83. The highest BCUT2D eigenvalue weighted by Gasteiger charge is 2.21. The molecular formula is C13H26N2O2. The molecule has 0 unspecified atom stereocenters. The van der Waals surface area contributed by atoms with Gasteiger partial charge in [0.15, 0.2) is 0 Å². The van der Waals surface area contributed by atoms with Crippen molar-refractivity contribution in [3.05, 3.63) is 0 Å². The van der Waals surface area contributed by atoms with E-state index in [1.54, 1.807) is 0 Å². The zero-order chi connectivity index (χ0) is 12.8. The van der Waals surface area contributed by atoms with Crippen LogP contribution in [0.1, 0.15) is 27.7 Å². The van der Waals surface area contributed by atoms with Crippen molar-refractivity contribution in [2.45, 2.75) is 33.7 Å². The van der Waals surface area contributed by atoms with Gasteiger partial charge in [-0.05, 0) is 5.92 Å². The number of carbonyl (C=O) groups excluding carboxylic acids is 1. The lowest BCUT2D eigenvalue weighted by Gasteiger charge is -2.32. The van der Waals surface area contributed by atoms with E-state index in [9.17, 15) is 4.79 Å². The number of nitrogens with zero attached hydrogens (tertiary/aromatic N) is 1. The summed E-state index contributed by atoms with van der Waals surface area (Å²) in [5, 5.41) is 3.14. The molecule has 0 saturated carbocycles. The minimum Gasteiger partial charge on any atom is -0.379 e. The Morgan fingerprint density at radius 1 is 1.24 bits per heavy atom. The number of amides is 1. The lowest BCUT2D eigenvalue weighted by Crippen LogP contribution is -2.50. The number of hydrogen-bond acceptors (Lipinski definition) is 3. The van der Waals surface area contributed by atoms with Crippen molar-refractivity contribution in [1.29, 1.82) is 0 Å². The summed E-state index contributed by atoms with van der Waals surface area (Å²) in [4.78, 5) is 14.1. The van der Waals surface area contributed by atoms with E-state index >= 15 is 0 Å². The molecule has 1 saturated heterocycles. The predicted molar refractivity (Wildman–Crippen MR) is 68.9 cm³/mol. The molecule has 1 aliphatic rings. The van der Waals surface area contributed by atoms with E-state index in [0.29, 0.717) is 5.92 Å². The Hall–Kier alpha value is -0.610. The van der Waals surface area contributed by atoms with Gasteiger partial charge in [0.2, 0.25) is 5.91 Å². The molecule has 1 fully saturated rings. The van der Waals surface area contributed by atoms with Crippen molar-refractivity contribution >= 4 is 5.91 Å². The average molecular weight is 242 g/mol. The minimum atomic E-state index is 0.0564. The van der Waals surface area contributed by atoms with Crippen LogP contribution in [0.3, 0.4) is 0 Å². The molecule has 100 valence electrons. The molecule has 0 aromatic heterocycles. The highest BCUT2D eigenvalue weighted by Crippen LogP contribution is 2.07. The van der Waals surface area contributed by atoms with Crippen LogP contribution in [-0.2, 0) is 9.53 Å². The lowest BCUT2D eigenvalue weighted by molar-refractivity contribution is -0.125. The van der Waals surface area contributed by atoms with Crippen molar-refractivity contribution < 1.29 is 9.53 Å². The van der Waals surface area contributed by atoms with Crippen LogP contribution in [0.5, 0.6) is 0 Å². The van der Waals surface area contributed by atoms with Crippen molar-refractivity contribution in [2.75, 3.05) is 32.8 Å². The van der Waals surface area contributed by atoms with Crippen LogP contribution >= 0.6 is 0 Å². The van der Waals surface area contributed by atoms with E-state index in [-0.39, 0.29) is 17.9 Å². The number of hydrogen-bond donors (Lipinski definition) is 1. The topological polar surface area (TPSA) is 41.6 Å². The van der Waals surface area contributed by atoms with Gasteiger partial charge >= 0.3 is 0 Å². The van der Waals surface area contributed by atoms with E-state index in [2.05, 4.69) is 24.1 Å². The van der Waals surface area contributed by atoms with E-state index in [0.717, 1.165) is 32.8 Å². The maximum atomic E-state index is 11.7. The highest BCUT2D eigenvalue weighted by molar-refractivity contribution is 5.78. The molecule has 17 heavy (non-hydrogen) atoms. The maximum Gasteiger partial charge on any atom is 0.222 e. The zero-order valence-electron chi connectivity index (χ0n) is 11.5. The smallest absolute Gasteiger partial charge is 0.222 e. The molecule has 1 aliphatic heterocycles. The number of nitrogens with one attached hydrogen (secondary N) is 1. The largest absolute Gasteiger partial charge is 0.379 e. The van der Waals surface area contributed by atoms with Gasteiger partial charge in [0.05, 0.1) is 13.2 Å². The van der Waals surface area contributed by atoms with Gasteiger partial charge in [0.25, 0.3) is 0 Å². The number of morpholine rings is 1. The fourth-order valence-electron chi connectivity index (χ4n) is 1.83. The van der Waals surface area contributed by atoms with E-state index < -0.39 is 0 Å². The quantitative estimate of drug-likeness (QED) is 0.785. The molecule has 0 aromatic carbocycles. The minimum absolute atomic E-state index is 0.0564. The zero-order valence-corrected chi connectivity index (χ0v) is 11.5. The summed E-state index contributed by atoms with van der Waals surface area (Å²) in [5.74, 6) is 0.665. The molecule has 1 heterocycles. The van der Waals surface area contributed by atoms with Crippen LogP contribution in [0.4, 0.5) is 0 Å². The van der Waals surface area contributed by atoms with Crippen LogP contribution < -0.4 is 5.32 Å². The van der Waals surface area contributed by atoms with Gasteiger partial charge < -0.3 is 10.1 Å². The Morgan fingerprint density at radius 2 is 1.82 bits per heavy atom. The van der Waals surface area contributed by atoms with Gasteiger partial charge in [0, 0.05) is 31.6 Å². The first-order valence-electron chi connectivity index (χ1n) is 6.61. The Balaban J connectivity index is 2.44. The Kier molecular flexibility index (Phi) is 5.92. The van der Waals surface area contributed by atoms with E-state index in [4.69, 9.17) is 4.74 Å². The van der Waals surface area contributed by atoms with Crippen LogP contribution in [0, 0.1) is 11.8 Å². The van der Waals surface area contributed by atoms with Crippen LogP contribution in [-0.4, -0.2) is 49.7 Å². The van der Waals surface area contributed by atoms with Gasteiger partial charge in [0.1, 0.15) is 0 Å². The predicted octanol–water partition coefficient (Wildman–Crippen LogP) is 1.12. The number of ether oxygens (including phenoxy) is 1. The summed E-state index contributed by atoms with van der Waals surface area (Å²) in [7, 11) is 0. The standard InChI is InChI=1S/C13H26N2O2/c1-10(2)12(14-13(16)11(3)4)9-15-5-7-17-8-6-15/h10-12H,5-9H2,1-4H3,(H,14,16)/t12-/m1/s1. The summed E-state index contributed by atoms with van der Waals surface area (Å²) in [6.45, 7) is 12.7. The van der Waals surface area contributed by atoms with Crippen molar-refractivity contribution in [2.24, 2.45) is 11.8 Å². The van der Waals surface area contributed by atoms with Gasteiger partial charge in [-0.2, -0.15) is 0 Å². The summed E-state index contributed by atoms with van der Waals surface area (Å²) < 4.78 is 5.33. The Bertz CT molecular complexity index is 236. The van der Waals surface area contributed by atoms with Gasteiger partial charge in [-0.3, -0.25) is 9.69 Å². The highest BCUT2D eigenvalue weighted by atomic mass is 16.5. The monoisotopic (exact) mass is 242 g/mol. The second-order valence-electron chi connectivity index (χ2n) is 5.43. The van der Waals surface area contributed by atoms with Crippen molar-refractivity contribution in [3.63, 3.8) is 0 Å². The van der Waals surface area contributed by atoms with Gasteiger partial charge in [-0.25, -0.2) is 0 Å². The molecule has 0 bridgehead atoms. The maximum absolute atomic E-state index is 11.7. The normalized spacial score (nSPS) is 19.6. The average Bonchev–Trinajstić information content (AvgIpc) is 2.29. The molecule has 0 radical (unpaired) electrons. The first-order chi connectivity index (χ1) is 8.00. The van der Waals surface area contributed by atoms with Crippen molar-refractivity contribution in [1.82, 2.24) is 10.2 Å². The molecule has 1 amide bonds. The molecule has 1 N–H and O–H groups in total. The molecular weight excluding hydrogens is 216 g/mol. The fraction of sp³-hybridized carbons (Fsp3) is 0.923. The van der Waals surface area contributed by atoms with E-state index in [1.165, 1.54) is 0 Å². The summed E-state index contributed by atoms with van der Waals surface area (Å²) in [6, 6.07) is 0.239. The third-order valence-electron chi connectivity index (χ3n) is 3.22. The summed E-state index contributed by atoms with van der Waals surface area (Å²) in [6.07, 6.45) is 0. The summed E-state index contributed by atoms with van der Waals surface area (Å²) in [5.41, 5.74) is 0. The van der Waals surface area contributed by atoms with Gasteiger partial charge in [-0.1, -0.05) is 27.7 Å². The first kappa shape index (κ1) is 14.5. The van der Waals surface area contributed by atoms with Crippen LogP contribution in [0.25, 0.3) is 0 Å². The Morgan fingerprint density at radius 3 is 2.29 bits per heavy atom. The van der Waals surface area contributed by atoms with Crippen LogP contribution in [0.2, 0.25) is 0 Å². The molecule has 0 aliphatic carbocycles. The number of rotatable bonds is 5. The third kappa shape index (κ3) is 5.04. The van der Waals surface area contributed by atoms with Crippen LogP contribution in [0.15, 0.2) is 0 Å². The third-order valence-corrected chi connectivity index (χ3v) is 3.22. The Labute approximate surface area is 105 Å². The molecule has 4 heteroatoms. The SMILES string of the molecule is CC(C)C(=O)N[C@H](CN1CCOCC1)C(C)C. The lowest BCUT2D eigenvalue weighted by atomic mass is 10.0. The number of carbonyl (C=O) groups is 1. The second-order valence-corrected chi connectivity index (χ2v) is 5.43. The molecule has 0 spiro atoms. The molecule has 4 nitrogen and oxygen atoms in total. The molecule has 1 atom stereocenters. The van der Waals surface area contributed by atoms with Gasteiger partial charge in [-0.15, -0.1) is 0 Å².